The first-order valence-corrected chi connectivity index (χ1v) is 20.6. The fourth-order valence-corrected chi connectivity index (χ4v) is 8.13. The molecule has 2 aliphatic rings. The van der Waals surface area contributed by atoms with Crippen LogP contribution >= 0.6 is 11.3 Å². The van der Waals surface area contributed by atoms with Gasteiger partial charge < -0.3 is 25.8 Å². The maximum atomic E-state index is 13.2. The van der Waals surface area contributed by atoms with Crippen molar-refractivity contribution in [2.45, 2.75) is 43.9 Å². The van der Waals surface area contributed by atoms with E-state index in [1.165, 1.54) is 41.7 Å². The second-order valence-electron chi connectivity index (χ2n) is 13.2. The number of nitrogens with two attached hydrogens (primary N) is 1. The molecule has 1 saturated heterocycles. The molecule has 1 fully saturated rings. The first kappa shape index (κ1) is 40.8. The number of rotatable bonds is 18. The molecular formula is C36H38N12O9S2. The van der Waals surface area contributed by atoms with E-state index in [1.807, 2.05) is 13.0 Å². The van der Waals surface area contributed by atoms with Crippen molar-refractivity contribution in [3.05, 3.63) is 87.4 Å². The molecule has 5 heterocycles. The van der Waals surface area contributed by atoms with Crippen LogP contribution in [0.25, 0.3) is 0 Å². The lowest BCUT2D eigenvalue weighted by molar-refractivity contribution is -0.136. The highest BCUT2D eigenvalue weighted by atomic mass is 32.2. The lowest BCUT2D eigenvalue weighted by Gasteiger charge is -2.27. The highest BCUT2D eigenvalue weighted by Gasteiger charge is 2.45. The van der Waals surface area contributed by atoms with Gasteiger partial charge in [0.1, 0.15) is 11.7 Å². The van der Waals surface area contributed by atoms with Crippen LogP contribution in [0.15, 0.2) is 65.0 Å². The van der Waals surface area contributed by atoms with Crippen LogP contribution in [0.2, 0.25) is 0 Å². The molecule has 0 spiro atoms. The summed E-state index contributed by atoms with van der Waals surface area (Å²) in [6.45, 7) is 3.26. The molecule has 21 nitrogen and oxygen atoms in total. The fraction of sp³-hybridized carbons (Fsp3) is 0.306. The number of nitrogen functional groups attached to an aromatic ring is 1. The molecule has 308 valence electrons. The smallest absolute Gasteiger partial charge is 0.291 e. The number of nitrogens with zero attached hydrogens (tertiary/aromatic N) is 7. The molecule has 5 aromatic rings. The molecule has 4 amide bonds. The summed E-state index contributed by atoms with van der Waals surface area (Å²) in [7, 11) is -3.84. The molecule has 1 atom stereocenters. The van der Waals surface area contributed by atoms with Gasteiger partial charge >= 0.3 is 0 Å². The molecule has 0 radical (unpaired) electrons. The van der Waals surface area contributed by atoms with Gasteiger partial charge in [-0.15, -0.1) is 21.5 Å². The standard InChI is InChI=1S/C36H38N12O9S2/c1-21-11-18-58-30(21)34(53)48-35(37)42-36(44-48)40-22-5-7-24(8-6-22)59(54,55)39-13-16-57-20-23-19-46(45-43-23)14-17-56-15-12-38-26-4-2-3-25-29(26)33(52)47(32(25)51)27-9-10-28(49)41-31(27)50/h2-8,11,18-19,27,38-39H,9-10,12-17,20H2,1H3,(H,41,49,50)(H3,37,40,42,44). The molecule has 3 aromatic heterocycles. The van der Waals surface area contributed by atoms with Gasteiger partial charge in [-0.2, -0.15) is 9.67 Å². The Balaban J connectivity index is 0.786. The van der Waals surface area contributed by atoms with Crippen LogP contribution in [0.5, 0.6) is 0 Å². The number of piperidine rings is 1. The number of sulfonamides is 1. The van der Waals surface area contributed by atoms with E-state index in [0.29, 0.717) is 41.6 Å². The molecular weight excluding hydrogens is 809 g/mol. The van der Waals surface area contributed by atoms with E-state index in [1.54, 1.807) is 28.4 Å². The number of carbonyl (C=O) groups excluding carboxylic acids is 5. The number of imide groups is 2. The Hall–Kier alpha value is -6.40. The number of thiophene rings is 1. The van der Waals surface area contributed by atoms with Crippen molar-refractivity contribution in [2.75, 3.05) is 49.3 Å². The number of benzene rings is 2. The highest BCUT2D eigenvalue weighted by Crippen LogP contribution is 2.32. The van der Waals surface area contributed by atoms with Crippen LogP contribution in [0.1, 0.15) is 54.5 Å². The average molecular weight is 847 g/mol. The van der Waals surface area contributed by atoms with Gasteiger partial charge in [0.25, 0.3) is 17.7 Å². The first-order valence-electron chi connectivity index (χ1n) is 18.2. The molecule has 6 N–H and O–H groups in total. The number of hydrogen-bond acceptors (Lipinski definition) is 17. The van der Waals surface area contributed by atoms with Crippen molar-refractivity contribution >= 4 is 74.2 Å². The third-order valence-corrected chi connectivity index (χ3v) is 11.7. The number of aryl methyl sites for hydroxylation is 1. The molecule has 0 aliphatic carbocycles. The summed E-state index contributed by atoms with van der Waals surface area (Å²) in [5, 5.41) is 22.3. The largest absolute Gasteiger partial charge is 0.382 e. The minimum Gasteiger partial charge on any atom is -0.382 e. The van der Waals surface area contributed by atoms with Crippen molar-refractivity contribution in [1.82, 2.24) is 44.7 Å². The Kier molecular flexibility index (Phi) is 12.2. The molecule has 1 unspecified atom stereocenters. The second-order valence-corrected chi connectivity index (χ2v) is 15.9. The topological polar surface area (TPSA) is 277 Å². The van der Waals surface area contributed by atoms with Gasteiger partial charge in [-0.1, -0.05) is 11.3 Å². The lowest BCUT2D eigenvalue weighted by atomic mass is 10.0. The van der Waals surface area contributed by atoms with E-state index < -0.39 is 45.6 Å². The summed E-state index contributed by atoms with van der Waals surface area (Å²) >= 11 is 1.28. The van der Waals surface area contributed by atoms with Crippen molar-refractivity contribution in [1.29, 1.82) is 0 Å². The SMILES string of the molecule is Cc1ccsc1C(=O)n1nc(Nc2ccc(S(=O)(=O)NCCOCc3cn(CCOCCNc4cccc5c4C(=O)N(C4CCC(=O)NC4=O)C5=O)nn3)cc2)nc1N. The van der Waals surface area contributed by atoms with Crippen LogP contribution in [-0.2, 0) is 42.2 Å². The minimum absolute atomic E-state index is 0.00503. The number of ether oxygens (including phenoxy) is 2. The Labute approximate surface area is 340 Å². The van der Waals surface area contributed by atoms with Crippen LogP contribution in [0, 0.1) is 6.92 Å². The number of carbonyl (C=O) groups is 5. The number of hydrogen-bond donors (Lipinski definition) is 5. The lowest BCUT2D eigenvalue weighted by Crippen LogP contribution is -2.54. The molecule has 23 heteroatoms. The average Bonchev–Trinajstić information content (AvgIpc) is 4.00. The maximum Gasteiger partial charge on any atom is 0.291 e. The van der Waals surface area contributed by atoms with E-state index >= 15 is 0 Å². The Bertz CT molecular complexity index is 2520. The number of fused-ring (bicyclic) bond motifs is 1. The molecule has 0 saturated carbocycles. The molecule has 2 aliphatic heterocycles. The monoisotopic (exact) mass is 846 g/mol. The molecule has 59 heavy (non-hydrogen) atoms. The summed E-state index contributed by atoms with van der Waals surface area (Å²) in [6.07, 6.45) is 1.79. The van der Waals surface area contributed by atoms with Gasteiger partial charge in [0.05, 0.1) is 60.1 Å². The second kappa shape index (κ2) is 17.6. The van der Waals surface area contributed by atoms with E-state index in [-0.39, 0.29) is 67.1 Å². The summed E-state index contributed by atoms with van der Waals surface area (Å²) in [4.78, 5) is 68.5. The van der Waals surface area contributed by atoms with E-state index in [0.717, 1.165) is 15.1 Å². The van der Waals surface area contributed by atoms with E-state index in [2.05, 4.69) is 41.1 Å². The predicted molar refractivity (Wildman–Crippen MR) is 210 cm³/mol. The number of amides is 4. The van der Waals surface area contributed by atoms with Crippen molar-refractivity contribution in [2.24, 2.45) is 0 Å². The summed E-state index contributed by atoms with van der Waals surface area (Å²) < 4.78 is 42.0. The van der Waals surface area contributed by atoms with Crippen LogP contribution in [-0.4, -0.2) is 112 Å². The molecule has 2 aromatic carbocycles. The summed E-state index contributed by atoms with van der Waals surface area (Å²) in [5.41, 5.74) is 8.51. The van der Waals surface area contributed by atoms with E-state index in [4.69, 9.17) is 15.2 Å². The van der Waals surface area contributed by atoms with Gasteiger partial charge in [0.2, 0.25) is 33.7 Å². The normalized spacial score (nSPS) is 15.4. The summed E-state index contributed by atoms with van der Waals surface area (Å²) in [6, 6.07) is 11.5. The number of anilines is 4. The van der Waals surface area contributed by atoms with Crippen molar-refractivity contribution in [3.63, 3.8) is 0 Å². The van der Waals surface area contributed by atoms with E-state index in [9.17, 15) is 32.4 Å². The van der Waals surface area contributed by atoms with Crippen molar-refractivity contribution < 1.29 is 41.9 Å². The maximum absolute atomic E-state index is 13.2. The zero-order chi connectivity index (χ0) is 41.7. The molecule has 7 rings (SSSR count). The first-order chi connectivity index (χ1) is 28.4. The third-order valence-electron chi connectivity index (χ3n) is 9.17. The Morgan fingerprint density at radius 1 is 1.02 bits per heavy atom. The number of nitrogens with one attached hydrogen (secondary N) is 4. The van der Waals surface area contributed by atoms with Crippen molar-refractivity contribution in [3.8, 4) is 0 Å². The predicted octanol–water partition coefficient (Wildman–Crippen LogP) is 1.28. The third kappa shape index (κ3) is 9.18. The van der Waals surface area contributed by atoms with Gasteiger partial charge in [-0.25, -0.2) is 17.8 Å². The van der Waals surface area contributed by atoms with Gasteiger partial charge in [0.15, 0.2) is 0 Å². The van der Waals surface area contributed by atoms with Gasteiger partial charge in [-0.3, -0.25) is 34.2 Å². The van der Waals surface area contributed by atoms with Crippen LogP contribution in [0.4, 0.5) is 23.3 Å². The Morgan fingerprint density at radius 2 is 1.81 bits per heavy atom. The zero-order valence-electron chi connectivity index (χ0n) is 31.4. The quantitative estimate of drug-likeness (QED) is 0.0614. The van der Waals surface area contributed by atoms with Gasteiger partial charge in [-0.05, 0) is 66.8 Å². The van der Waals surface area contributed by atoms with Gasteiger partial charge in [0, 0.05) is 30.9 Å². The minimum atomic E-state index is -3.84. The summed E-state index contributed by atoms with van der Waals surface area (Å²) in [5.74, 6) is -2.71. The highest BCUT2D eigenvalue weighted by molar-refractivity contribution is 7.89. The van der Waals surface area contributed by atoms with Crippen LogP contribution in [0.3, 0.4) is 0 Å². The number of aromatic nitrogens is 6. The zero-order valence-corrected chi connectivity index (χ0v) is 33.0. The fourth-order valence-electron chi connectivity index (χ4n) is 6.26. The van der Waals surface area contributed by atoms with Crippen LogP contribution < -0.4 is 26.4 Å². The molecule has 0 bridgehead atoms. The Morgan fingerprint density at radius 3 is 2.58 bits per heavy atom.